The van der Waals surface area contributed by atoms with Gasteiger partial charge in [0.25, 0.3) is 5.56 Å². The number of benzene rings is 2. The van der Waals surface area contributed by atoms with Crippen LogP contribution < -0.4 is 21.8 Å². The van der Waals surface area contributed by atoms with Crippen LogP contribution in [0.25, 0.3) is 5.69 Å². The molecule has 150 valence electrons. The van der Waals surface area contributed by atoms with Crippen molar-refractivity contribution >= 4 is 11.6 Å². The molecule has 0 aliphatic heterocycles. The molecular formula is C20H16F3N3O3. The highest BCUT2D eigenvalue weighted by Crippen LogP contribution is 2.26. The van der Waals surface area contributed by atoms with E-state index in [4.69, 9.17) is 16.2 Å². The Morgan fingerprint density at radius 3 is 2.21 bits per heavy atom. The maximum atomic E-state index is 14.6. The number of carbonyl (C=O) groups is 1. The third kappa shape index (κ3) is 3.99. The van der Waals surface area contributed by atoms with E-state index in [0.717, 1.165) is 36.4 Å². The first-order valence-corrected chi connectivity index (χ1v) is 8.47. The number of nitrogens with two attached hydrogens (primary N) is 2. The number of nitrogen functional groups attached to an aromatic ring is 1. The number of ether oxygens (including phenoxy) is 1. The van der Waals surface area contributed by atoms with E-state index >= 15 is 0 Å². The van der Waals surface area contributed by atoms with Gasteiger partial charge in [-0.05, 0) is 30.3 Å². The number of hydrogen-bond acceptors (Lipinski definition) is 5. The summed E-state index contributed by atoms with van der Waals surface area (Å²) in [6, 6.07) is 8.51. The zero-order chi connectivity index (χ0) is 21.1. The SMILES string of the molecule is NCCOc1cc(F)c(-n2c(N)c(C(=O)c3ccc(F)cc3)ccc2=O)c(F)c1. The van der Waals surface area contributed by atoms with Crippen molar-refractivity contribution in [1.82, 2.24) is 4.57 Å². The summed E-state index contributed by atoms with van der Waals surface area (Å²) in [5.74, 6) is -3.98. The number of ketones is 1. The molecule has 9 heteroatoms. The lowest BCUT2D eigenvalue weighted by molar-refractivity contribution is 0.103. The van der Waals surface area contributed by atoms with Crippen molar-refractivity contribution < 1.29 is 22.7 Å². The first-order chi connectivity index (χ1) is 13.8. The van der Waals surface area contributed by atoms with E-state index in [1.54, 1.807) is 0 Å². The van der Waals surface area contributed by atoms with Gasteiger partial charge in [0.15, 0.2) is 17.4 Å². The lowest BCUT2D eigenvalue weighted by atomic mass is 10.0. The molecule has 0 saturated carbocycles. The average Bonchev–Trinajstić information content (AvgIpc) is 2.68. The van der Waals surface area contributed by atoms with Gasteiger partial charge in [-0.3, -0.25) is 14.2 Å². The summed E-state index contributed by atoms with van der Waals surface area (Å²) in [4.78, 5) is 25.0. The molecule has 0 radical (unpaired) electrons. The highest BCUT2D eigenvalue weighted by Gasteiger charge is 2.22. The first-order valence-electron chi connectivity index (χ1n) is 8.47. The summed E-state index contributed by atoms with van der Waals surface area (Å²) in [5, 5.41) is 0. The highest BCUT2D eigenvalue weighted by atomic mass is 19.1. The Hall–Kier alpha value is -3.59. The van der Waals surface area contributed by atoms with Gasteiger partial charge in [0.1, 0.15) is 29.7 Å². The monoisotopic (exact) mass is 403 g/mol. The van der Waals surface area contributed by atoms with E-state index in [2.05, 4.69) is 0 Å². The number of nitrogens with zero attached hydrogens (tertiary/aromatic N) is 1. The van der Waals surface area contributed by atoms with Crippen LogP contribution in [0.2, 0.25) is 0 Å². The van der Waals surface area contributed by atoms with E-state index in [0.29, 0.717) is 4.57 Å². The summed E-state index contributed by atoms with van der Waals surface area (Å²) in [6.45, 7) is 0.187. The second kappa shape index (κ2) is 8.19. The minimum atomic E-state index is -1.11. The lowest BCUT2D eigenvalue weighted by Crippen LogP contribution is -2.25. The summed E-state index contributed by atoms with van der Waals surface area (Å²) < 4.78 is 47.9. The van der Waals surface area contributed by atoms with Crippen molar-refractivity contribution in [3.63, 3.8) is 0 Å². The number of halogens is 3. The molecule has 0 amide bonds. The van der Waals surface area contributed by atoms with Gasteiger partial charge in [0.05, 0.1) is 5.56 Å². The molecule has 3 rings (SSSR count). The zero-order valence-electron chi connectivity index (χ0n) is 15.0. The predicted molar refractivity (Wildman–Crippen MR) is 101 cm³/mol. The smallest absolute Gasteiger partial charge is 0.256 e. The van der Waals surface area contributed by atoms with Crippen molar-refractivity contribution in [3.8, 4) is 11.4 Å². The fraction of sp³-hybridized carbons (Fsp3) is 0.100. The van der Waals surface area contributed by atoms with Crippen LogP contribution in [-0.2, 0) is 0 Å². The van der Waals surface area contributed by atoms with Gasteiger partial charge in [-0.25, -0.2) is 13.2 Å². The quantitative estimate of drug-likeness (QED) is 0.616. The number of anilines is 1. The summed E-state index contributed by atoms with van der Waals surface area (Å²) in [7, 11) is 0. The highest BCUT2D eigenvalue weighted by molar-refractivity contribution is 6.11. The van der Waals surface area contributed by atoms with Gasteiger partial charge in [0.2, 0.25) is 0 Å². The number of pyridine rings is 1. The fourth-order valence-electron chi connectivity index (χ4n) is 2.75. The topological polar surface area (TPSA) is 100 Å². The maximum Gasteiger partial charge on any atom is 0.256 e. The van der Waals surface area contributed by atoms with Crippen molar-refractivity contribution in [3.05, 3.63) is 87.5 Å². The molecule has 6 nitrogen and oxygen atoms in total. The molecule has 0 saturated heterocycles. The summed E-state index contributed by atoms with van der Waals surface area (Å²) >= 11 is 0. The van der Waals surface area contributed by atoms with E-state index < -0.39 is 40.3 Å². The van der Waals surface area contributed by atoms with Gasteiger partial charge < -0.3 is 16.2 Å². The first kappa shape index (κ1) is 20.2. The van der Waals surface area contributed by atoms with Crippen LogP contribution in [0.15, 0.2) is 53.3 Å². The van der Waals surface area contributed by atoms with Crippen LogP contribution in [0.5, 0.6) is 5.75 Å². The Kier molecular flexibility index (Phi) is 5.69. The van der Waals surface area contributed by atoms with E-state index in [1.807, 2.05) is 0 Å². The molecule has 4 N–H and O–H groups in total. The van der Waals surface area contributed by atoms with Gasteiger partial charge in [-0.2, -0.15) is 0 Å². The average molecular weight is 403 g/mol. The van der Waals surface area contributed by atoms with Gasteiger partial charge in [-0.15, -0.1) is 0 Å². The van der Waals surface area contributed by atoms with Crippen LogP contribution in [-0.4, -0.2) is 23.5 Å². The third-order valence-electron chi connectivity index (χ3n) is 4.08. The number of carbonyl (C=O) groups excluding carboxylic acids is 1. The van der Waals surface area contributed by atoms with Gasteiger partial charge in [-0.1, -0.05) is 0 Å². The normalized spacial score (nSPS) is 10.8. The second-order valence-electron chi connectivity index (χ2n) is 6.01. The Bertz CT molecular complexity index is 1110. The molecule has 1 aromatic heterocycles. The van der Waals surface area contributed by atoms with Crippen molar-refractivity contribution in [2.45, 2.75) is 0 Å². The largest absolute Gasteiger partial charge is 0.492 e. The summed E-state index contributed by atoms with van der Waals surface area (Å²) in [6.07, 6.45) is 0. The minimum Gasteiger partial charge on any atom is -0.492 e. The van der Waals surface area contributed by atoms with Crippen LogP contribution >= 0.6 is 0 Å². The Morgan fingerprint density at radius 1 is 1.00 bits per heavy atom. The molecule has 0 aliphatic carbocycles. The molecule has 0 spiro atoms. The third-order valence-corrected chi connectivity index (χ3v) is 4.08. The molecule has 2 aromatic carbocycles. The molecule has 29 heavy (non-hydrogen) atoms. The molecule has 0 fully saturated rings. The van der Waals surface area contributed by atoms with E-state index in [-0.39, 0.29) is 30.0 Å². The second-order valence-corrected chi connectivity index (χ2v) is 6.01. The van der Waals surface area contributed by atoms with Gasteiger partial charge in [0, 0.05) is 30.3 Å². The molecule has 0 atom stereocenters. The van der Waals surface area contributed by atoms with Crippen molar-refractivity contribution in [2.24, 2.45) is 5.73 Å². The number of aromatic nitrogens is 1. The summed E-state index contributed by atoms with van der Waals surface area (Å²) in [5.41, 5.74) is 9.55. The fourth-order valence-corrected chi connectivity index (χ4v) is 2.75. The zero-order valence-corrected chi connectivity index (χ0v) is 15.0. The van der Waals surface area contributed by atoms with Crippen LogP contribution in [0.3, 0.4) is 0 Å². The van der Waals surface area contributed by atoms with Crippen molar-refractivity contribution in [1.29, 1.82) is 0 Å². The minimum absolute atomic E-state index is 0.0436. The number of hydrogen-bond donors (Lipinski definition) is 2. The Balaban J connectivity index is 2.12. The standard InChI is InChI=1S/C20H16F3N3O3/c21-12-3-1-11(2-4-12)19(28)14-5-6-17(27)26(20(14)25)18-15(22)9-13(10-16(18)23)29-8-7-24/h1-6,9-10H,7-8,24-25H2. The predicted octanol–water partition coefficient (Wildman–Crippen LogP) is 2.41. The van der Waals surface area contributed by atoms with Gasteiger partial charge >= 0.3 is 0 Å². The molecule has 0 unspecified atom stereocenters. The molecule has 3 aromatic rings. The molecule has 0 bridgehead atoms. The molecule has 0 aliphatic rings. The van der Waals surface area contributed by atoms with Crippen LogP contribution in [0, 0.1) is 17.5 Å². The van der Waals surface area contributed by atoms with E-state index in [9.17, 15) is 22.8 Å². The molecular weight excluding hydrogens is 387 g/mol. The van der Waals surface area contributed by atoms with E-state index in [1.165, 1.54) is 12.1 Å². The maximum absolute atomic E-state index is 14.6. The molecule has 1 heterocycles. The van der Waals surface area contributed by atoms with Crippen LogP contribution in [0.4, 0.5) is 19.0 Å². The Labute approximate surface area is 163 Å². The lowest BCUT2D eigenvalue weighted by Gasteiger charge is -2.15. The number of rotatable bonds is 6. The van der Waals surface area contributed by atoms with Crippen LogP contribution in [0.1, 0.15) is 15.9 Å². The van der Waals surface area contributed by atoms with Crippen molar-refractivity contribution in [2.75, 3.05) is 18.9 Å². The Morgan fingerprint density at radius 2 is 1.62 bits per heavy atom.